The molecule has 0 saturated heterocycles. The molecule has 18 heavy (non-hydrogen) atoms. The Morgan fingerprint density at radius 1 is 1.33 bits per heavy atom. The van der Waals surface area contributed by atoms with Gasteiger partial charge in [0.1, 0.15) is 0 Å². The van der Waals surface area contributed by atoms with E-state index in [1.807, 2.05) is 49.5 Å². The molecule has 0 radical (unpaired) electrons. The van der Waals surface area contributed by atoms with Gasteiger partial charge in [-0.1, -0.05) is 49.0 Å². The van der Waals surface area contributed by atoms with Crippen LogP contribution in [0, 0.1) is 0 Å². The molecule has 0 amide bonds. The molecule has 0 aliphatic rings. The Morgan fingerprint density at radius 2 is 1.89 bits per heavy atom. The van der Waals surface area contributed by atoms with E-state index in [9.17, 15) is 4.79 Å². The van der Waals surface area contributed by atoms with Crippen LogP contribution in [0.25, 0.3) is 0 Å². The summed E-state index contributed by atoms with van der Waals surface area (Å²) in [6.45, 7) is 4.00. The summed E-state index contributed by atoms with van der Waals surface area (Å²) in [4.78, 5) is 12.4. The summed E-state index contributed by atoms with van der Waals surface area (Å²) in [5.41, 5.74) is 0.950. The summed E-state index contributed by atoms with van der Waals surface area (Å²) in [5.74, 6) is -0.291. The second-order valence-electron chi connectivity index (χ2n) is 2.74. The van der Waals surface area contributed by atoms with Crippen molar-refractivity contribution in [1.29, 1.82) is 0 Å². The van der Waals surface area contributed by atoms with Crippen molar-refractivity contribution in [3.63, 3.8) is 0 Å². The van der Waals surface area contributed by atoms with Gasteiger partial charge in [0, 0.05) is 4.90 Å². The topological polar surface area (TPSA) is 26.3 Å². The average molecular weight is 531 g/mol. The van der Waals surface area contributed by atoms with Crippen LogP contribution in [0.3, 0.4) is 0 Å². The average Bonchev–Trinajstić information content (AvgIpc) is 2.34. The zero-order valence-electron chi connectivity index (χ0n) is 10.0. The van der Waals surface area contributed by atoms with Gasteiger partial charge in [0.25, 0.3) is 0 Å². The first-order valence-electron chi connectivity index (χ1n) is 5.22. The second-order valence-corrected chi connectivity index (χ2v) is 20.9. The summed E-state index contributed by atoms with van der Waals surface area (Å²) in [5, 5.41) is 0. The van der Waals surface area contributed by atoms with E-state index in [0.29, 0.717) is 0 Å². The van der Waals surface area contributed by atoms with Crippen molar-refractivity contribution in [1.82, 2.24) is 0 Å². The lowest BCUT2D eigenvalue weighted by atomic mass is 10.2. The van der Waals surface area contributed by atoms with E-state index in [2.05, 4.69) is 48.8 Å². The van der Waals surface area contributed by atoms with Gasteiger partial charge >= 0.3 is 5.97 Å². The number of rotatable bonds is 5. The molecule has 0 bridgehead atoms. The molecular weight excluding hydrogens is 516 g/mol. The van der Waals surface area contributed by atoms with Crippen LogP contribution in [0.5, 0.6) is 0 Å². The number of hydrogen-bond acceptors (Lipinski definition) is 3. The number of alkyl halides is 1. The maximum atomic E-state index is 11.2. The Kier molecular flexibility index (Phi) is 12.8. The standard InChI is InChI=1S/C9H8ClI2O2PS.C2H6/c10-6-14-9(13)5-7-1-3-8(4-2-7)16-15(11)12;1-2/h1-4H,5-6H2;1-2H3. The molecule has 0 fully saturated rings. The second kappa shape index (κ2) is 12.0. The number of halogens is 3. The molecule has 0 atom stereocenters. The molecule has 0 saturated carbocycles. The van der Waals surface area contributed by atoms with Gasteiger partial charge in [-0.15, -0.1) is 0 Å². The Bertz CT molecular complexity index is 349. The quantitative estimate of drug-likeness (QED) is 0.197. The summed E-state index contributed by atoms with van der Waals surface area (Å²) < 4.78 is 4.60. The van der Waals surface area contributed by atoms with E-state index >= 15 is 0 Å². The summed E-state index contributed by atoms with van der Waals surface area (Å²) in [6, 6.07) is 7.87. The lowest BCUT2D eigenvalue weighted by Crippen LogP contribution is -2.06. The SMILES string of the molecule is CC.O=C(Cc1ccc(SP(I)I)cc1)OCCl. The van der Waals surface area contributed by atoms with E-state index in [1.165, 1.54) is 4.90 Å². The fourth-order valence-corrected chi connectivity index (χ4v) is 6.50. The van der Waals surface area contributed by atoms with Gasteiger partial charge in [0.15, 0.2) is 6.07 Å². The fraction of sp³-hybridized carbons (Fsp3) is 0.364. The molecule has 0 heterocycles. The van der Waals surface area contributed by atoms with Crippen molar-refractivity contribution >= 4 is 75.4 Å². The van der Waals surface area contributed by atoms with Gasteiger partial charge < -0.3 is 4.74 Å². The first-order valence-corrected chi connectivity index (χ1v) is 14.1. The van der Waals surface area contributed by atoms with Gasteiger partial charge in [-0.05, 0) is 61.8 Å². The summed E-state index contributed by atoms with van der Waals surface area (Å²) in [6.07, 6.45) is 0.279. The summed E-state index contributed by atoms with van der Waals surface area (Å²) >= 11 is 12.0. The Hall–Kier alpha value is 1.22. The highest BCUT2D eigenvalue weighted by Crippen LogP contribution is 2.67. The van der Waals surface area contributed by atoms with E-state index in [-0.39, 0.29) is 20.9 Å². The van der Waals surface area contributed by atoms with Gasteiger partial charge in [-0.25, -0.2) is 0 Å². The van der Waals surface area contributed by atoms with E-state index in [4.69, 9.17) is 11.6 Å². The third-order valence-corrected chi connectivity index (χ3v) is 6.98. The molecule has 1 rings (SSSR count). The molecule has 1 aromatic rings. The molecular formula is C11H14ClI2O2PS. The predicted molar refractivity (Wildman–Crippen MR) is 99.1 cm³/mol. The Balaban J connectivity index is 0.00000137. The van der Waals surface area contributed by atoms with Crippen LogP contribution in [-0.4, -0.2) is 12.0 Å². The van der Waals surface area contributed by atoms with Crippen LogP contribution < -0.4 is 0 Å². The van der Waals surface area contributed by atoms with Crippen LogP contribution in [0.1, 0.15) is 19.4 Å². The molecule has 0 unspecified atom stereocenters. The van der Waals surface area contributed by atoms with Gasteiger partial charge in [0.05, 0.1) is 8.83 Å². The maximum absolute atomic E-state index is 11.2. The number of carbonyl (C=O) groups excluding carboxylic acids is 1. The van der Waals surface area contributed by atoms with Gasteiger partial charge in [-0.2, -0.15) is 0 Å². The van der Waals surface area contributed by atoms with Crippen LogP contribution in [-0.2, 0) is 16.0 Å². The van der Waals surface area contributed by atoms with Crippen molar-refractivity contribution in [2.45, 2.75) is 25.2 Å². The van der Waals surface area contributed by atoms with Crippen molar-refractivity contribution in [2.75, 3.05) is 6.07 Å². The minimum atomic E-state index is -0.291. The van der Waals surface area contributed by atoms with Gasteiger partial charge in [0.2, 0.25) is 0 Å². The van der Waals surface area contributed by atoms with Crippen LogP contribution in [0.2, 0.25) is 0 Å². The van der Waals surface area contributed by atoms with E-state index in [0.717, 1.165) is 5.56 Å². The Morgan fingerprint density at radius 3 is 2.33 bits per heavy atom. The predicted octanol–water partition coefficient (Wildman–Crippen LogP) is 6.18. The monoisotopic (exact) mass is 530 g/mol. The highest BCUT2D eigenvalue weighted by molar-refractivity contribution is 14.3. The fourth-order valence-electron chi connectivity index (χ4n) is 1.03. The number of hydrogen-bond donors (Lipinski definition) is 0. The van der Waals surface area contributed by atoms with Crippen LogP contribution in [0.15, 0.2) is 29.2 Å². The lowest BCUT2D eigenvalue weighted by Gasteiger charge is -2.04. The first-order chi connectivity index (χ1) is 8.61. The molecule has 0 aromatic heterocycles. The molecule has 2 nitrogen and oxygen atoms in total. The highest BCUT2D eigenvalue weighted by Gasteiger charge is 2.05. The zero-order valence-corrected chi connectivity index (χ0v) is 16.8. The van der Waals surface area contributed by atoms with Gasteiger partial charge in [-0.3, -0.25) is 4.79 Å². The number of benzene rings is 1. The molecule has 0 spiro atoms. The number of ether oxygens (including phenoxy) is 1. The molecule has 0 N–H and O–H groups in total. The van der Waals surface area contributed by atoms with Crippen LogP contribution >= 0.6 is 69.5 Å². The third kappa shape index (κ3) is 9.18. The molecule has 7 heteroatoms. The Labute approximate surface area is 144 Å². The van der Waals surface area contributed by atoms with Crippen molar-refractivity contribution in [3.05, 3.63) is 29.8 Å². The third-order valence-electron chi connectivity index (χ3n) is 1.66. The van der Waals surface area contributed by atoms with Crippen molar-refractivity contribution < 1.29 is 9.53 Å². The maximum Gasteiger partial charge on any atom is 0.311 e. The highest BCUT2D eigenvalue weighted by atomic mass is 127. The molecule has 0 aliphatic heterocycles. The minimum Gasteiger partial charge on any atom is -0.449 e. The summed E-state index contributed by atoms with van der Waals surface area (Å²) in [7, 11) is 0. The largest absolute Gasteiger partial charge is 0.449 e. The first kappa shape index (κ1) is 19.2. The van der Waals surface area contributed by atoms with Crippen molar-refractivity contribution in [2.24, 2.45) is 0 Å². The van der Waals surface area contributed by atoms with E-state index < -0.39 is 0 Å². The van der Waals surface area contributed by atoms with Crippen molar-refractivity contribution in [3.8, 4) is 0 Å². The van der Waals surface area contributed by atoms with E-state index in [1.54, 1.807) is 0 Å². The zero-order chi connectivity index (χ0) is 14.0. The normalized spacial score (nSPS) is 9.67. The van der Waals surface area contributed by atoms with Crippen LogP contribution in [0.4, 0.5) is 0 Å². The molecule has 102 valence electrons. The number of esters is 1. The molecule has 1 aromatic carbocycles. The molecule has 0 aliphatic carbocycles. The lowest BCUT2D eigenvalue weighted by molar-refractivity contribution is -0.140. The minimum absolute atomic E-state index is 0.0612. The number of carbonyl (C=O) groups is 1. The smallest absolute Gasteiger partial charge is 0.311 e.